The van der Waals surface area contributed by atoms with Crippen molar-refractivity contribution in [3.05, 3.63) is 52.4 Å². The zero-order valence-electron chi connectivity index (χ0n) is 16.5. The lowest BCUT2D eigenvalue weighted by atomic mass is 9.96. The number of nitriles is 1. The van der Waals surface area contributed by atoms with Crippen LogP contribution < -0.4 is 10.1 Å². The van der Waals surface area contributed by atoms with E-state index in [4.69, 9.17) is 4.74 Å². The third-order valence-electron chi connectivity index (χ3n) is 4.91. The van der Waals surface area contributed by atoms with Gasteiger partial charge in [-0.3, -0.25) is 4.79 Å². The number of nitrogens with zero attached hydrogens (tertiary/aromatic N) is 3. The normalized spacial score (nSPS) is 12.7. The smallest absolute Gasteiger partial charge is 0.235 e. The molecule has 0 aliphatic heterocycles. The van der Waals surface area contributed by atoms with Gasteiger partial charge in [0, 0.05) is 10.4 Å². The second-order valence-corrected chi connectivity index (χ2v) is 8.95. The quantitative estimate of drug-likeness (QED) is 0.564. The maximum absolute atomic E-state index is 12.4. The number of methoxy groups -OCH3 is 1. The summed E-state index contributed by atoms with van der Waals surface area (Å²) in [6.45, 7) is 0. The molecule has 1 N–H and O–H groups in total. The predicted octanol–water partition coefficient (Wildman–Crippen LogP) is 4.69. The van der Waals surface area contributed by atoms with Crippen LogP contribution in [0.3, 0.4) is 0 Å². The number of fused-ring (bicyclic) bond motifs is 1. The number of rotatable bonds is 6. The second-order valence-electron chi connectivity index (χ2n) is 6.85. The highest BCUT2D eigenvalue weighted by Gasteiger charge is 2.21. The monoisotopic (exact) mass is 436 g/mol. The van der Waals surface area contributed by atoms with Gasteiger partial charge in [0.2, 0.25) is 5.91 Å². The SMILES string of the molecule is COc1ccc(-c2ccc(SCC(=O)Nc3sc4c(c3C#N)CCCC4)nn2)cc1. The molecule has 0 fully saturated rings. The standard InChI is InChI=1S/C22H20N4O2S2/c1-28-15-8-6-14(7-9-15)18-10-11-21(26-25-18)29-13-20(27)24-22-17(12-23)16-4-2-3-5-19(16)30-22/h6-11H,2-5,13H2,1H3,(H,24,27). The van der Waals surface area contributed by atoms with Gasteiger partial charge in [0.15, 0.2) is 0 Å². The summed E-state index contributed by atoms with van der Waals surface area (Å²) in [6.07, 6.45) is 4.17. The number of hydrogen-bond donors (Lipinski definition) is 1. The van der Waals surface area contributed by atoms with Gasteiger partial charge in [-0.2, -0.15) is 5.26 Å². The van der Waals surface area contributed by atoms with Crippen molar-refractivity contribution in [1.29, 1.82) is 5.26 Å². The fraction of sp³-hybridized carbons (Fsp3) is 0.273. The molecule has 0 saturated carbocycles. The maximum Gasteiger partial charge on any atom is 0.235 e. The average molecular weight is 437 g/mol. The molecule has 2 aromatic heterocycles. The molecule has 4 rings (SSSR count). The van der Waals surface area contributed by atoms with E-state index in [-0.39, 0.29) is 11.7 Å². The van der Waals surface area contributed by atoms with Crippen LogP contribution in [-0.2, 0) is 17.6 Å². The number of thioether (sulfide) groups is 1. The first kappa shape index (κ1) is 20.4. The number of benzene rings is 1. The van der Waals surface area contributed by atoms with Crippen LogP contribution in [0.15, 0.2) is 41.4 Å². The van der Waals surface area contributed by atoms with Gasteiger partial charge in [-0.05, 0) is 67.6 Å². The topological polar surface area (TPSA) is 87.9 Å². The molecule has 0 bridgehead atoms. The highest BCUT2D eigenvalue weighted by molar-refractivity contribution is 7.99. The van der Waals surface area contributed by atoms with Crippen LogP contribution >= 0.6 is 23.1 Å². The van der Waals surface area contributed by atoms with E-state index in [0.717, 1.165) is 48.3 Å². The van der Waals surface area contributed by atoms with Crippen LogP contribution in [0.25, 0.3) is 11.3 Å². The zero-order chi connectivity index (χ0) is 20.9. The number of aromatic nitrogens is 2. The first-order valence-electron chi connectivity index (χ1n) is 9.63. The Bertz CT molecular complexity index is 1090. The van der Waals surface area contributed by atoms with E-state index in [1.165, 1.54) is 28.0 Å². The van der Waals surface area contributed by atoms with E-state index >= 15 is 0 Å². The minimum Gasteiger partial charge on any atom is -0.497 e. The summed E-state index contributed by atoms with van der Waals surface area (Å²) in [5.74, 6) is 0.858. The summed E-state index contributed by atoms with van der Waals surface area (Å²) in [5.41, 5.74) is 3.46. The van der Waals surface area contributed by atoms with Crippen LogP contribution in [0.2, 0.25) is 0 Å². The summed E-state index contributed by atoms with van der Waals surface area (Å²) < 4.78 is 5.16. The molecule has 6 nitrogen and oxygen atoms in total. The number of carbonyl (C=O) groups is 1. The molecule has 30 heavy (non-hydrogen) atoms. The molecule has 0 unspecified atom stereocenters. The van der Waals surface area contributed by atoms with E-state index in [9.17, 15) is 10.1 Å². The number of anilines is 1. The molecule has 2 heterocycles. The largest absolute Gasteiger partial charge is 0.497 e. The molecule has 0 radical (unpaired) electrons. The van der Waals surface area contributed by atoms with E-state index in [0.29, 0.717) is 15.6 Å². The lowest BCUT2D eigenvalue weighted by molar-refractivity contribution is -0.113. The van der Waals surface area contributed by atoms with Crippen molar-refractivity contribution >= 4 is 34.0 Å². The average Bonchev–Trinajstić information content (AvgIpc) is 3.15. The number of ether oxygens (including phenoxy) is 1. The van der Waals surface area contributed by atoms with Crippen LogP contribution in [0, 0.1) is 11.3 Å². The summed E-state index contributed by atoms with van der Waals surface area (Å²) in [4.78, 5) is 13.7. The van der Waals surface area contributed by atoms with Gasteiger partial charge in [-0.25, -0.2) is 0 Å². The molecule has 1 aliphatic rings. The molecular formula is C22H20N4O2S2. The Balaban J connectivity index is 1.36. The number of amides is 1. The lowest BCUT2D eigenvalue weighted by Crippen LogP contribution is -2.14. The molecule has 1 aliphatic carbocycles. The van der Waals surface area contributed by atoms with Crippen molar-refractivity contribution in [3.63, 3.8) is 0 Å². The van der Waals surface area contributed by atoms with Gasteiger partial charge >= 0.3 is 0 Å². The van der Waals surface area contributed by atoms with Crippen molar-refractivity contribution in [2.24, 2.45) is 0 Å². The second kappa shape index (κ2) is 9.28. The molecule has 0 saturated heterocycles. The van der Waals surface area contributed by atoms with E-state index in [1.807, 2.05) is 36.4 Å². The van der Waals surface area contributed by atoms with Crippen LogP contribution in [-0.4, -0.2) is 29.0 Å². The number of nitrogens with one attached hydrogen (secondary N) is 1. The fourth-order valence-electron chi connectivity index (χ4n) is 3.39. The molecule has 0 spiro atoms. The molecule has 1 aromatic carbocycles. The molecule has 0 atom stereocenters. The summed E-state index contributed by atoms with van der Waals surface area (Å²) in [5, 5.41) is 22.2. The third kappa shape index (κ3) is 4.48. The molecule has 3 aromatic rings. The zero-order valence-corrected chi connectivity index (χ0v) is 18.1. The third-order valence-corrected chi connectivity index (χ3v) is 7.04. The Hall–Kier alpha value is -2.89. The number of carbonyl (C=O) groups excluding carboxylic acids is 1. The van der Waals surface area contributed by atoms with Crippen molar-refractivity contribution in [3.8, 4) is 23.1 Å². The van der Waals surface area contributed by atoms with Crippen LogP contribution in [0.5, 0.6) is 5.75 Å². The van der Waals surface area contributed by atoms with Gasteiger partial charge < -0.3 is 10.1 Å². The van der Waals surface area contributed by atoms with Crippen molar-refractivity contribution < 1.29 is 9.53 Å². The molecule has 152 valence electrons. The van der Waals surface area contributed by atoms with Crippen molar-refractivity contribution in [2.75, 3.05) is 18.2 Å². The Labute approximate surface area is 183 Å². The highest BCUT2D eigenvalue weighted by Crippen LogP contribution is 2.37. The van der Waals surface area contributed by atoms with Gasteiger partial charge in [-0.1, -0.05) is 11.8 Å². The predicted molar refractivity (Wildman–Crippen MR) is 119 cm³/mol. The first-order valence-corrected chi connectivity index (χ1v) is 11.4. The minimum atomic E-state index is -0.142. The summed E-state index contributed by atoms with van der Waals surface area (Å²) >= 11 is 2.86. The Morgan fingerprint density at radius 1 is 1.20 bits per heavy atom. The van der Waals surface area contributed by atoms with Gasteiger partial charge in [-0.15, -0.1) is 21.5 Å². The van der Waals surface area contributed by atoms with Gasteiger partial charge in [0.25, 0.3) is 0 Å². The number of thiophene rings is 1. The van der Waals surface area contributed by atoms with E-state index < -0.39 is 0 Å². The molecule has 8 heteroatoms. The Morgan fingerprint density at radius 2 is 2.00 bits per heavy atom. The molecular weight excluding hydrogens is 416 g/mol. The fourth-order valence-corrected chi connectivity index (χ4v) is 5.26. The van der Waals surface area contributed by atoms with Crippen molar-refractivity contribution in [1.82, 2.24) is 10.2 Å². The minimum absolute atomic E-state index is 0.142. The van der Waals surface area contributed by atoms with Crippen LogP contribution in [0.1, 0.15) is 28.8 Å². The van der Waals surface area contributed by atoms with Crippen LogP contribution in [0.4, 0.5) is 5.00 Å². The Morgan fingerprint density at radius 3 is 2.70 bits per heavy atom. The Kier molecular flexibility index (Phi) is 6.31. The maximum atomic E-state index is 12.4. The summed E-state index contributed by atoms with van der Waals surface area (Å²) in [6, 6.07) is 13.6. The number of hydrogen-bond acceptors (Lipinski definition) is 7. The van der Waals surface area contributed by atoms with E-state index in [2.05, 4.69) is 21.6 Å². The lowest BCUT2D eigenvalue weighted by Gasteiger charge is -2.09. The van der Waals surface area contributed by atoms with Gasteiger partial charge in [0.1, 0.15) is 21.8 Å². The highest BCUT2D eigenvalue weighted by atomic mass is 32.2. The van der Waals surface area contributed by atoms with Gasteiger partial charge in [0.05, 0.1) is 24.1 Å². The summed E-state index contributed by atoms with van der Waals surface area (Å²) in [7, 11) is 1.63. The molecule has 1 amide bonds. The number of aryl methyl sites for hydroxylation is 1. The van der Waals surface area contributed by atoms with E-state index in [1.54, 1.807) is 7.11 Å². The van der Waals surface area contributed by atoms with Crippen molar-refractivity contribution in [2.45, 2.75) is 30.7 Å². The first-order chi connectivity index (χ1) is 14.7.